The predicted octanol–water partition coefficient (Wildman–Crippen LogP) is 1.41. The summed E-state index contributed by atoms with van der Waals surface area (Å²) in [6.45, 7) is 2.39. The molecule has 0 saturated heterocycles. The Morgan fingerprint density at radius 2 is 1.84 bits per heavy atom. The summed E-state index contributed by atoms with van der Waals surface area (Å²) in [6.07, 6.45) is 0.823. The molecule has 0 unspecified atom stereocenters. The number of carboxylic acids is 1. The average Bonchev–Trinajstić information content (AvgIpc) is 3.17. The molecule has 1 aromatic heterocycles. The third kappa shape index (κ3) is 3.63. The smallest absolute Gasteiger partial charge is 0.545 e. The van der Waals surface area contributed by atoms with Crippen LogP contribution in [0.15, 0.2) is 66.7 Å². The fourth-order valence-corrected chi connectivity index (χ4v) is 4.39. The molecule has 0 aliphatic carbocycles. The van der Waals surface area contributed by atoms with Crippen molar-refractivity contribution in [1.29, 1.82) is 0 Å². The van der Waals surface area contributed by atoms with Gasteiger partial charge < -0.3 is 14.8 Å². The summed E-state index contributed by atoms with van der Waals surface area (Å²) in [5.74, 6) is -1.26. The van der Waals surface area contributed by atoms with Crippen LogP contribution in [0.3, 0.4) is 0 Å². The number of aromatic carboxylic acids is 1. The van der Waals surface area contributed by atoms with Gasteiger partial charge in [0, 0.05) is 28.7 Å². The fourth-order valence-electron chi connectivity index (χ4n) is 4.39. The number of benzene rings is 3. The third-order valence-corrected chi connectivity index (χ3v) is 5.74. The Morgan fingerprint density at radius 1 is 1.06 bits per heavy atom. The van der Waals surface area contributed by atoms with Crippen molar-refractivity contribution in [2.45, 2.75) is 13.3 Å². The molecule has 31 heavy (non-hydrogen) atoms. The van der Waals surface area contributed by atoms with Crippen molar-refractivity contribution in [3.05, 3.63) is 89.2 Å². The number of aromatic nitrogens is 1. The van der Waals surface area contributed by atoms with E-state index in [1.54, 1.807) is 6.92 Å². The number of anilines is 2. The maximum atomic E-state index is 13.8. The second-order valence-electron chi connectivity index (χ2n) is 7.46. The van der Waals surface area contributed by atoms with Crippen LogP contribution in [0.4, 0.5) is 15.9 Å². The summed E-state index contributed by atoms with van der Waals surface area (Å²) in [4.78, 5) is 18.7. The Kier molecular flexibility index (Phi) is 5.84. The molecule has 0 radical (unpaired) electrons. The molecule has 0 amide bonds. The van der Waals surface area contributed by atoms with Gasteiger partial charge in [-0.15, -0.1) is 0 Å². The van der Waals surface area contributed by atoms with Gasteiger partial charge in [-0.05, 0) is 54.3 Å². The normalized spacial score (nSPS) is 12.5. The van der Waals surface area contributed by atoms with Crippen LogP contribution in [0, 0.1) is 12.7 Å². The van der Waals surface area contributed by atoms with Crippen LogP contribution in [0.25, 0.3) is 22.0 Å². The van der Waals surface area contributed by atoms with E-state index in [0.717, 1.165) is 23.2 Å². The van der Waals surface area contributed by atoms with Crippen molar-refractivity contribution >= 4 is 28.4 Å². The third-order valence-electron chi connectivity index (χ3n) is 5.74. The van der Waals surface area contributed by atoms with Crippen LogP contribution in [0.5, 0.6) is 0 Å². The zero-order valence-electron chi connectivity index (χ0n) is 17.4. The van der Waals surface area contributed by atoms with Crippen LogP contribution < -0.4 is 39.6 Å². The minimum Gasteiger partial charge on any atom is -0.545 e. The number of nitrogens with zero attached hydrogens (tertiary/aromatic N) is 2. The van der Waals surface area contributed by atoms with Gasteiger partial charge in [0.2, 0.25) is 0 Å². The van der Waals surface area contributed by atoms with Gasteiger partial charge in [-0.1, -0.05) is 42.5 Å². The van der Waals surface area contributed by atoms with Gasteiger partial charge in [-0.2, -0.15) is 0 Å². The van der Waals surface area contributed by atoms with Crippen molar-refractivity contribution < 1.29 is 43.8 Å². The first-order valence-corrected chi connectivity index (χ1v) is 9.80. The van der Waals surface area contributed by atoms with Gasteiger partial charge in [-0.25, -0.2) is 9.37 Å². The van der Waals surface area contributed by atoms with Crippen LogP contribution in [0.2, 0.25) is 0 Å². The molecule has 1 aliphatic rings. The summed E-state index contributed by atoms with van der Waals surface area (Å²) in [7, 11) is 0. The van der Waals surface area contributed by atoms with Crippen LogP contribution in [0.1, 0.15) is 21.5 Å². The summed E-state index contributed by atoms with van der Waals surface area (Å²) in [5, 5.41) is 12.2. The largest absolute Gasteiger partial charge is 1.00 e. The van der Waals surface area contributed by atoms with Crippen molar-refractivity contribution in [3.63, 3.8) is 0 Å². The summed E-state index contributed by atoms with van der Waals surface area (Å²) in [5.41, 5.74) is 5.43. The van der Waals surface area contributed by atoms with Crippen molar-refractivity contribution in [3.8, 4) is 11.1 Å². The van der Waals surface area contributed by atoms with Gasteiger partial charge in [0.15, 0.2) is 0 Å². The molecule has 2 heterocycles. The zero-order chi connectivity index (χ0) is 20.8. The number of halogens is 1. The Balaban J connectivity index is 0.00000231. The quantitative estimate of drug-likeness (QED) is 0.471. The predicted molar refractivity (Wildman–Crippen MR) is 113 cm³/mol. The van der Waals surface area contributed by atoms with E-state index in [0.29, 0.717) is 23.4 Å². The van der Waals surface area contributed by atoms with Crippen molar-refractivity contribution in [2.24, 2.45) is 0 Å². The number of fused-ring (bicyclic) bond motifs is 2. The molecule has 4 nitrogen and oxygen atoms in total. The number of carboxylic acid groups (broad SMARTS) is 1. The van der Waals surface area contributed by atoms with E-state index in [-0.39, 0.29) is 40.5 Å². The van der Waals surface area contributed by atoms with E-state index < -0.39 is 11.8 Å². The summed E-state index contributed by atoms with van der Waals surface area (Å²) < 4.78 is 13.8. The molecule has 0 N–H and O–H groups in total. The second-order valence-corrected chi connectivity index (χ2v) is 7.46. The molecule has 6 heteroatoms. The van der Waals surface area contributed by atoms with Crippen LogP contribution in [-0.2, 0) is 6.42 Å². The molecule has 0 bridgehead atoms. The first-order valence-electron chi connectivity index (χ1n) is 9.80. The number of pyridine rings is 1. The first-order chi connectivity index (χ1) is 14.5. The molecule has 1 aliphatic heterocycles. The van der Waals surface area contributed by atoms with E-state index in [1.807, 2.05) is 35.2 Å². The first kappa shape index (κ1) is 21.5. The van der Waals surface area contributed by atoms with Gasteiger partial charge in [0.25, 0.3) is 0 Å². The summed E-state index contributed by atoms with van der Waals surface area (Å²) >= 11 is 0. The molecule has 148 valence electrons. The van der Waals surface area contributed by atoms with E-state index in [2.05, 4.69) is 18.2 Å². The van der Waals surface area contributed by atoms with E-state index in [9.17, 15) is 14.3 Å². The summed E-state index contributed by atoms with van der Waals surface area (Å²) in [6, 6.07) is 20.3. The number of carbonyl (C=O) groups excluding carboxylic acids is 1. The molecule has 3 aromatic carbocycles. The number of carbonyl (C=O) groups is 1. The Morgan fingerprint density at radius 3 is 2.58 bits per heavy atom. The standard InChI is InChI=1S/C25H19FN2O2.Na/c1-15-23(25(29)30)20-14-17(26)10-11-21(20)27-24(15)28-13-12-19-18(8-5-9-22(19)28)16-6-3-2-4-7-16;/h2-11,14H,12-13H2,1H3,(H,29,30);/q;+1/p-1. The van der Waals surface area contributed by atoms with Gasteiger partial charge >= 0.3 is 29.6 Å². The minimum absolute atomic E-state index is 0. The Bertz CT molecular complexity index is 1310. The van der Waals surface area contributed by atoms with Crippen molar-refractivity contribution in [1.82, 2.24) is 4.98 Å². The van der Waals surface area contributed by atoms with Gasteiger partial charge in [0.05, 0.1) is 11.5 Å². The number of rotatable bonds is 3. The van der Waals surface area contributed by atoms with Gasteiger partial charge in [-0.3, -0.25) is 0 Å². The molecular weight excluding hydrogens is 402 g/mol. The van der Waals surface area contributed by atoms with Gasteiger partial charge in [0.1, 0.15) is 11.6 Å². The topological polar surface area (TPSA) is 56.3 Å². The zero-order valence-corrected chi connectivity index (χ0v) is 19.4. The van der Waals surface area contributed by atoms with E-state index in [4.69, 9.17) is 4.98 Å². The van der Waals surface area contributed by atoms with Crippen LogP contribution >= 0.6 is 0 Å². The average molecular weight is 420 g/mol. The van der Waals surface area contributed by atoms with Crippen LogP contribution in [-0.4, -0.2) is 17.5 Å². The number of hydrogen-bond acceptors (Lipinski definition) is 4. The number of hydrogen-bond donors (Lipinski definition) is 0. The Labute approximate surface area is 201 Å². The Hall–Kier alpha value is -2.73. The fraction of sp³-hybridized carbons (Fsp3) is 0.120. The molecule has 0 spiro atoms. The molecule has 0 fully saturated rings. The molecule has 4 aromatic rings. The SMILES string of the molecule is Cc1c(N2CCc3c(-c4ccccc4)cccc32)nc2ccc(F)cc2c1C(=O)[O-].[Na+]. The minimum atomic E-state index is -1.33. The second kappa shape index (κ2) is 8.42. The molecule has 0 atom stereocenters. The van der Waals surface area contributed by atoms with E-state index >= 15 is 0 Å². The molecular formula is C25H18FN2NaO2. The maximum absolute atomic E-state index is 13.8. The molecule has 5 rings (SSSR count). The monoisotopic (exact) mass is 420 g/mol. The maximum Gasteiger partial charge on any atom is 1.00 e. The molecule has 0 saturated carbocycles. The van der Waals surface area contributed by atoms with Crippen molar-refractivity contribution in [2.75, 3.05) is 11.4 Å². The van der Waals surface area contributed by atoms with E-state index in [1.165, 1.54) is 23.8 Å².